The minimum atomic E-state index is -4.70. The van der Waals surface area contributed by atoms with Crippen LogP contribution < -0.4 is 10.1 Å². The lowest BCUT2D eigenvalue weighted by atomic mass is 10.1. The van der Waals surface area contributed by atoms with Crippen LogP contribution in [-0.4, -0.2) is 30.9 Å². The molecule has 1 aliphatic heterocycles. The second-order valence-electron chi connectivity index (χ2n) is 7.72. The van der Waals surface area contributed by atoms with Gasteiger partial charge in [0.1, 0.15) is 5.75 Å². The van der Waals surface area contributed by atoms with Crippen molar-refractivity contribution in [2.24, 2.45) is 17.8 Å². The first-order valence-electron chi connectivity index (χ1n) is 9.51. The third kappa shape index (κ3) is 4.87. The monoisotopic (exact) mass is 412 g/mol. The van der Waals surface area contributed by atoms with Crippen LogP contribution in [0, 0.1) is 29.4 Å². The second-order valence-corrected chi connectivity index (χ2v) is 7.72. The molecule has 156 valence electrons. The topological polar surface area (TPSA) is 24.5 Å². The summed E-state index contributed by atoms with van der Waals surface area (Å²) < 4.78 is 68.0. The molecule has 2 atom stereocenters. The Hall–Kier alpha value is -2.19. The van der Waals surface area contributed by atoms with E-state index in [0.717, 1.165) is 31.3 Å². The molecular weight excluding hydrogens is 391 g/mol. The molecule has 1 saturated heterocycles. The molecule has 1 aliphatic carbocycles. The van der Waals surface area contributed by atoms with Gasteiger partial charge in [-0.05, 0) is 48.1 Å². The van der Waals surface area contributed by atoms with Crippen LogP contribution in [0.25, 0.3) is 0 Å². The van der Waals surface area contributed by atoms with Crippen molar-refractivity contribution in [3.63, 3.8) is 0 Å². The summed E-state index contributed by atoms with van der Waals surface area (Å²) >= 11 is 0. The number of ether oxygens (including phenoxy) is 1. The van der Waals surface area contributed by atoms with Gasteiger partial charge in [-0.25, -0.2) is 8.78 Å². The predicted octanol–water partition coefficient (Wildman–Crippen LogP) is 4.33. The van der Waals surface area contributed by atoms with E-state index in [2.05, 4.69) is 15.0 Å². The molecule has 2 unspecified atom stereocenters. The molecule has 0 spiro atoms. The Kier molecular flexibility index (Phi) is 5.48. The number of fused-ring (bicyclic) bond motifs is 1. The van der Waals surface area contributed by atoms with E-state index in [1.54, 1.807) is 12.1 Å². The van der Waals surface area contributed by atoms with Gasteiger partial charge in [-0.15, -0.1) is 13.2 Å². The van der Waals surface area contributed by atoms with Gasteiger partial charge in [0.2, 0.25) is 0 Å². The first-order valence-corrected chi connectivity index (χ1v) is 9.51. The van der Waals surface area contributed by atoms with Crippen molar-refractivity contribution in [3.05, 3.63) is 65.2 Å². The van der Waals surface area contributed by atoms with E-state index in [1.807, 2.05) is 0 Å². The Bertz CT molecular complexity index is 860. The van der Waals surface area contributed by atoms with Crippen LogP contribution in [0.5, 0.6) is 5.75 Å². The van der Waals surface area contributed by atoms with E-state index >= 15 is 0 Å². The maximum absolute atomic E-state index is 13.8. The zero-order chi connectivity index (χ0) is 20.6. The fourth-order valence-electron chi connectivity index (χ4n) is 4.32. The number of nitrogens with one attached hydrogen (secondary N) is 1. The van der Waals surface area contributed by atoms with Crippen LogP contribution in [0.3, 0.4) is 0 Å². The van der Waals surface area contributed by atoms with Gasteiger partial charge in [0.05, 0.1) is 0 Å². The minimum absolute atomic E-state index is 0.222. The zero-order valence-corrected chi connectivity index (χ0v) is 15.6. The van der Waals surface area contributed by atoms with Crippen LogP contribution >= 0.6 is 0 Å². The lowest BCUT2D eigenvalue weighted by Gasteiger charge is -2.20. The van der Waals surface area contributed by atoms with Gasteiger partial charge in [-0.2, -0.15) is 0 Å². The minimum Gasteiger partial charge on any atom is -0.406 e. The van der Waals surface area contributed by atoms with Crippen LogP contribution in [0.1, 0.15) is 11.1 Å². The average molecular weight is 412 g/mol. The van der Waals surface area contributed by atoms with Crippen LogP contribution in [0.15, 0.2) is 42.5 Å². The molecule has 29 heavy (non-hydrogen) atoms. The van der Waals surface area contributed by atoms with Crippen molar-refractivity contribution in [3.8, 4) is 5.75 Å². The normalized spacial score (nSPS) is 23.8. The molecule has 8 heteroatoms. The highest BCUT2D eigenvalue weighted by Gasteiger charge is 2.54. The number of hydrogen-bond donors (Lipinski definition) is 1. The summed E-state index contributed by atoms with van der Waals surface area (Å²) in [5.74, 6) is -0.252. The number of nitrogens with zero attached hydrogens (tertiary/aromatic N) is 1. The molecule has 3 nitrogen and oxygen atoms in total. The summed E-state index contributed by atoms with van der Waals surface area (Å²) in [6.45, 7) is 3.34. The summed E-state index contributed by atoms with van der Waals surface area (Å²) in [4.78, 5) is 2.14. The van der Waals surface area contributed by atoms with Crippen molar-refractivity contribution in [1.29, 1.82) is 0 Å². The van der Waals surface area contributed by atoms with Gasteiger partial charge in [-0.1, -0.05) is 24.3 Å². The van der Waals surface area contributed by atoms with E-state index in [1.165, 1.54) is 24.3 Å². The maximum atomic E-state index is 13.8. The number of likely N-dealkylation sites (tertiary alicyclic amines) is 1. The third-order valence-electron chi connectivity index (χ3n) is 5.71. The first-order chi connectivity index (χ1) is 13.8. The Labute approximate surface area is 165 Å². The number of hydrogen-bond acceptors (Lipinski definition) is 3. The van der Waals surface area contributed by atoms with Gasteiger partial charge < -0.3 is 10.1 Å². The Balaban J connectivity index is 1.21. The highest BCUT2D eigenvalue weighted by Crippen LogP contribution is 2.51. The summed E-state index contributed by atoms with van der Waals surface area (Å²) in [5.41, 5.74) is 1.10. The summed E-state index contributed by atoms with van der Waals surface area (Å²) in [6.07, 6.45) is -4.70. The molecule has 0 amide bonds. The number of benzene rings is 2. The highest BCUT2D eigenvalue weighted by atomic mass is 19.4. The fourth-order valence-corrected chi connectivity index (χ4v) is 4.32. The Morgan fingerprint density at radius 1 is 1.03 bits per heavy atom. The van der Waals surface area contributed by atoms with Crippen molar-refractivity contribution < 1.29 is 26.7 Å². The second kappa shape index (κ2) is 7.91. The van der Waals surface area contributed by atoms with Crippen LogP contribution in [0.2, 0.25) is 0 Å². The number of alkyl halides is 3. The van der Waals surface area contributed by atoms with Gasteiger partial charge in [0, 0.05) is 31.7 Å². The van der Waals surface area contributed by atoms with E-state index in [-0.39, 0.29) is 5.75 Å². The van der Waals surface area contributed by atoms with Crippen molar-refractivity contribution in [2.75, 3.05) is 19.6 Å². The molecule has 4 rings (SSSR count). The first kappa shape index (κ1) is 20.1. The lowest BCUT2D eigenvalue weighted by Crippen LogP contribution is -2.27. The predicted molar refractivity (Wildman–Crippen MR) is 96.9 cm³/mol. The molecule has 1 heterocycles. The van der Waals surface area contributed by atoms with Crippen LogP contribution in [0.4, 0.5) is 22.0 Å². The average Bonchev–Trinajstić information content (AvgIpc) is 3.09. The van der Waals surface area contributed by atoms with E-state index < -0.39 is 18.0 Å². The molecule has 2 aromatic rings. The number of rotatable bonds is 7. The highest BCUT2D eigenvalue weighted by molar-refractivity contribution is 5.28. The summed E-state index contributed by atoms with van der Waals surface area (Å²) in [5, 5.41) is 3.30. The number of halogens is 5. The zero-order valence-electron chi connectivity index (χ0n) is 15.6. The van der Waals surface area contributed by atoms with Crippen molar-refractivity contribution >= 4 is 0 Å². The molecule has 2 fully saturated rings. The quantitative estimate of drug-likeness (QED) is 0.686. The Morgan fingerprint density at radius 2 is 1.76 bits per heavy atom. The summed E-state index contributed by atoms with van der Waals surface area (Å²) in [7, 11) is 0. The standard InChI is InChI=1S/C21H21F5N2O/c22-19-6-2-4-14(20(19)23)10-28-11-17-16(18(17)12-28)9-27-8-13-3-1-5-15(7-13)29-21(24,25)26/h1-7,16-18,27H,8-12H2. The van der Waals surface area contributed by atoms with Gasteiger partial charge >= 0.3 is 6.36 Å². The lowest BCUT2D eigenvalue weighted by molar-refractivity contribution is -0.274. The van der Waals surface area contributed by atoms with E-state index in [9.17, 15) is 22.0 Å². The molecule has 2 aliphatic rings. The maximum Gasteiger partial charge on any atom is 0.573 e. The fraction of sp³-hybridized carbons (Fsp3) is 0.429. The van der Waals surface area contributed by atoms with Crippen molar-refractivity contribution in [2.45, 2.75) is 19.5 Å². The summed E-state index contributed by atoms with van der Waals surface area (Å²) in [6, 6.07) is 10.2. The molecular formula is C21H21F5N2O. The number of piperidine rings is 1. The molecule has 2 aromatic carbocycles. The van der Waals surface area contributed by atoms with Gasteiger partial charge in [-0.3, -0.25) is 4.90 Å². The Morgan fingerprint density at radius 3 is 2.48 bits per heavy atom. The molecule has 1 N–H and O–H groups in total. The molecule has 0 radical (unpaired) electrons. The van der Waals surface area contributed by atoms with Gasteiger partial charge in [0.25, 0.3) is 0 Å². The van der Waals surface area contributed by atoms with E-state index in [4.69, 9.17) is 0 Å². The largest absolute Gasteiger partial charge is 0.573 e. The van der Waals surface area contributed by atoms with Gasteiger partial charge in [0.15, 0.2) is 11.6 Å². The SMILES string of the molecule is Fc1cccc(CN2CC3C(CNCc4cccc(OC(F)(F)F)c4)C3C2)c1F. The van der Waals surface area contributed by atoms with Crippen LogP contribution in [-0.2, 0) is 13.1 Å². The van der Waals surface area contributed by atoms with Crippen molar-refractivity contribution in [1.82, 2.24) is 10.2 Å². The molecule has 1 saturated carbocycles. The smallest absolute Gasteiger partial charge is 0.406 e. The third-order valence-corrected chi connectivity index (χ3v) is 5.71. The van der Waals surface area contributed by atoms with E-state index in [0.29, 0.717) is 36.4 Å². The molecule has 0 bridgehead atoms. The molecule has 0 aromatic heterocycles.